The Morgan fingerprint density at radius 1 is 1.26 bits per heavy atom. The van der Waals surface area contributed by atoms with Crippen molar-refractivity contribution in [2.45, 2.75) is 19.4 Å². The van der Waals surface area contributed by atoms with Gasteiger partial charge in [0.1, 0.15) is 0 Å². The number of aromatic hydroxyl groups is 2. The molecule has 9 heteroatoms. The van der Waals surface area contributed by atoms with Gasteiger partial charge in [-0.15, -0.1) is 17.1 Å². The van der Waals surface area contributed by atoms with Crippen molar-refractivity contribution in [3.8, 4) is 23.1 Å². The highest BCUT2D eigenvalue weighted by atomic mass is 32.1. The average Bonchev–Trinajstić information content (AvgIpc) is 2.90. The quantitative estimate of drug-likeness (QED) is 0.449. The molecule has 0 bridgehead atoms. The van der Waals surface area contributed by atoms with Crippen LogP contribution in [0.15, 0.2) is 17.9 Å². The molecule has 0 aliphatic rings. The minimum Gasteiger partial charge on any atom is -0.502 e. The summed E-state index contributed by atoms with van der Waals surface area (Å²) in [6, 6.07) is 3.25. The number of aliphatic carboxylic acids is 1. The number of carboxylic acids is 1. The highest BCUT2D eigenvalue weighted by Crippen LogP contribution is 2.37. The van der Waals surface area contributed by atoms with E-state index in [1.54, 1.807) is 24.3 Å². The van der Waals surface area contributed by atoms with E-state index in [-0.39, 0.29) is 29.5 Å². The summed E-state index contributed by atoms with van der Waals surface area (Å²) in [6.07, 6.45) is 3.60. The molecule has 0 saturated carbocycles. The monoisotopic (exact) mass is 409 g/mol. The van der Waals surface area contributed by atoms with Gasteiger partial charge in [-0.3, -0.25) is 9.36 Å². The number of carbonyl (C=O) groups is 1. The molecule has 0 unspecified atom stereocenters. The van der Waals surface area contributed by atoms with E-state index >= 15 is 0 Å². The van der Waals surface area contributed by atoms with Crippen molar-refractivity contribution in [1.29, 1.82) is 0 Å². The van der Waals surface area contributed by atoms with Crippen LogP contribution in [0.1, 0.15) is 23.3 Å². The first-order chi connectivity index (χ1) is 12.9. The van der Waals surface area contributed by atoms with E-state index < -0.39 is 5.97 Å². The van der Waals surface area contributed by atoms with Gasteiger partial charge in [0.15, 0.2) is 15.5 Å². The maximum atomic E-state index is 10.6. The molecule has 1 heterocycles. The highest BCUT2D eigenvalue weighted by molar-refractivity contribution is 7.73. The lowest BCUT2D eigenvalue weighted by molar-refractivity contribution is -0.137. The fourth-order valence-corrected chi connectivity index (χ4v) is 3.56. The summed E-state index contributed by atoms with van der Waals surface area (Å²) in [5.74, 6) is -0.456. The molecule has 3 N–H and O–H groups in total. The smallest absolute Gasteiger partial charge is 0.303 e. The molecular weight excluding hydrogens is 390 g/mol. The summed E-state index contributed by atoms with van der Waals surface area (Å²) >= 11 is 6.42. The number of rotatable bonds is 8. The van der Waals surface area contributed by atoms with Gasteiger partial charge in [0, 0.05) is 19.0 Å². The lowest BCUT2D eigenvalue weighted by Gasteiger charge is -2.08. The van der Waals surface area contributed by atoms with Crippen LogP contribution in [0.5, 0.6) is 23.1 Å². The number of nitrogens with zero attached hydrogens (tertiary/aromatic N) is 1. The van der Waals surface area contributed by atoms with Crippen molar-refractivity contribution in [2.24, 2.45) is 0 Å². The van der Waals surface area contributed by atoms with Crippen molar-refractivity contribution in [3.05, 3.63) is 32.3 Å². The zero-order chi connectivity index (χ0) is 20.0. The van der Waals surface area contributed by atoms with E-state index in [0.717, 1.165) is 0 Å². The summed E-state index contributed by atoms with van der Waals surface area (Å²) in [7, 11) is 2.88. The van der Waals surface area contributed by atoms with Crippen molar-refractivity contribution in [1.82, 2.24) is 4.57 Å². The van der Waals surface area contributed by atoms with Gasteiger partial charge in [0.25, 0.3) is 0 Å². The second-order valence-electron chi connectivity index (χ2n) is 5.43. The first kappa shape index (κ1) is 20.6. The molecule has 144 valence electrons. The van der Waals surface area contributed by atoms with Crippen LogP contribution < -0.4 is 9.47 Å². The first-order valence-corrected chi connectivity index (χ1v) is 9.11. The zero-order valence-electron chi connectivity index (χ0n) is 14.8. The van der Waals surface area contributed by atoms with E-state index in [0.29, 0.717) is 27.4 Å². The molecule has 0 aliphatic carbocycles. The topological polar surface area (TPSA) is 101 Å². The van der Waals surface area contributed by atoms with Crippen LogP contribution in [-0.4, -0.2) is 40.1 Å². The van der Waals surface area contributed by atoms with E-state index in [4.69, 9.17) is 26.8 Å². The van der Waals surface area contributed by atoms with Crippen LogP contribution in [0, 0.1) is 3.95 Å². The van der Waals surface area contributed by atoms with Crippen molar-refractivity contribution < 1.29 is 29.6 Å². The molecule has 1 aromatic heterocycles. The van der Waals surface area contributed by atoms with E-state index in [1.807, 2.05) is 0 Å². The molecule has 27 heavy (non-hydrogen) atoms. The summed E-state index contributed by atoms with van der Waals surface area (Å²) in [6.45, 7) is 0.331. The Morgan fingerprint density at radius 2 is 1.89 bits per heavy atom. The van der Waals surface area contributed by atoms with E-state index in [1.165, 1.54) is 30.1 Å². The molecule has 1 aromatic carbocycles. The Kier molecular flexibility index (Phi) is 7.06. The van der Waals surface area contributed by atoms with E-state index in [2.05, 4.69) is 5.73 Å². The minimum absolute atomic E-state index is 0.00660. The highest BCUT2D eigenvalue weighted by Gasteiger charge is 2.11. The number of aromatic nitrogens is 1. The number of thiazole rings is 1. The minimum atomic E-state index is -0.890. The predicted molar refractivity (Wildman–Crippen MR) is 105 cm³/mol. The van der Waals surface area contributed by atoms with E-state index in [9.17, 15) is 15.0 Å². The molecule has 0 aliphatic heterocycles. The molecular formula is C18H19NO6S2. The third-order valence-corrected chi connectivity index (χ3v) is 5.02. The third kappa shape index (κ3) is 5.13. The summed E-state index contributed by atoms with van der Waals surface area (Å²) in [4.78, 5) is 11.1. The standard InChI is InChI=1S/C18H19NO6S2/c1-24-12-9-11(10-13(25-2)16(12)22)5-3-6-14-17(23)19(18(26)27-14)8-4-7-15(20)21/h5-6,9-10,22-23H,4,7-8H2,1-2H3,(H,20,21). The summed E-state index contributed by atoms with van der Waals surface area (Å²) in [5.41, 5.74) is 3.63. The molecule has 0 atom stereocenters. The second-order valence-corrected chi connectivity index (χ2v) is 7.11. The van der Waals surface area contributed by atoms with Crippen molar-refractivity contribution in [2.75, 3.05) is 14.2 Å². The number of hydrogen-bond acceptors (Lipinski definition) is 7. The van der Waals surface area contributed by atoms with Crippen LogP contribution in [0.3, 0.4) is 0 Å². The molecule has 0 amide bonds. The molecule has 0 saturated heterocycles. The van der Waals surface area contributed by atoms with Gasteiger partial charge in [0.2, 0.25) is 11.6 Å². The molecule has 7 nitrogen and oxygen atoms in total. The lowest BCUT2D eigenvalue weighted by Crippen LogP contribution is -2.01. The molecule has 0 spiro atoms. The van der Waals surface area contributed by atoms with Crippen LogP contribution in [0.4, 0.5) is 0 Å². The number of hydrogen-bond donors (Lipinski definition) is 3. The SMILES string of the molecule is COc1cc(C=C=Cc2sc(=S)n(CCCC(=O)O)c2O)cc(OC)c1O. The lowest BCUT2D eigenvalue weighted by atomic mass is 10.1. The van der Waals surface area contributed by atoms with Gasteiger partial charge < -0.3 is 24.8 Å². The molecule has 0 radical (unpaired) electrons. The molecule has 2 aromatic rings. The Balaban J connectivity index is 2.25. The number of phenolic OH excluding ortho intramolecular Hbond substituents is 1. The maximum absolute atomic E-state index is 10.6. The average molecular weight is 409 g/mol. The van der Waals surface area contributed by atoms with Gasteiger partial charge in [-0.05, 0) is 42.4 Å². The van der Waals surface area contributed by atoms with Crippen LogP contribution in [0.25, 0.3) is 12.2 Å². The first-order valence-electron chi connectivity index (χ1n) is 7.89. The maximum Gasteiger partial charge on any atom is 0.303 e. The Bertz CT molecular complexity index is 928. The molecule has 0 fully saturated rings. The number of methoxy groups -OCH3 is 2. The van der Waals surface area contributed by atoms with Gasteiger partial charge in [-0.25, -0.2) is 0 Å². The van der Waals surface area contributed by atoms with Crippen LogP contribution in [-0.2, 0) is 11.3 Å². The normalized spacial score (nSPS) is 10.1. The van der Waals surface area contributed by atoms with Gasteiger partial charge in [0.05, 0.1) is 19.1 Å². The Hall–Kier alpha value is -2.74. The fraction of sp³-hybridized carbons (Fsp3) is 0.278. The fourth-order valence-electron chi connectivity index (χ4n) is 2.30. The van der Waals surface area contributed by atoms with Gasteiger partial charge >= 0.3 is 5.97 Å². The predicted octanol–water partition coefficient (Wildman–Crippen LogP) is 3.90. The Labute approximate surface area is 165 Å². The van der Waals surface area contributed by atoms with Crippen molar-refractivity contribution in [3.63, 3.8) is 0 Å². The zero-order valence-corrected chi connectivity index (χ0v) is 16.4. The van der Waals surface area contributed by atoms with Gasteiger partial charge in [-0.2, -0.15) is 0 Å². The number of ether oxygens (including phenoxy) is 2. The number of phenols is 1. The largest absolute Gasteiger partial charge is 0.502 e. The number of carboxylic acid groups (broad SMARTS) is 1. The van der Waals surface area contributed by atoms with Crippen LogP contribution in [0.2, 0.25) is 0 Å². The Morgan fingerprint density at radius 3 is 2.44 bits per heavy atom. The van der Waals surface area contributed by atoms with Crippen LogP contribution >= 0.6 is 23.6 Å². The third-order valence-electron chi connectivity index (χ3n) is 3.63. The van der Waals surface area contributed by atoms with Gasteiger partial charge in [-0.1, -0.05) is 0 Å². The molecule has 2 rings (SSSR count). The number of benzene rings is 1. The summed E-state index contributed by atoms with van der Waals surface area (Å²) < 4.78 is 12.2. The second kappa shape index (κ2) is 9.27. The van der Waals surface area contributed by atoms with Crippen molar-refractivity contribution >= 4 is 41.7 Å². The summed E-state index contributed by atoms with van der Waals surface area (Å²) in [5, 5.41) is 28.9.